The smallest absolute Gasteiger partial charge is 0.261 e. The molecule has 0 saturated carbocycles. The summed E-state index contributed by atoms with van der Waals surface area (Å²) in [6.07, 6.45) is 1.87. The van der Waals surface area contributed by atoms with Gasteiger partial charge in [0.25, 0.3) is 5.91 Å². The molecule has 144 valence electrons. The van der Waals surface area contributed by atoms with Gasteiger partial charge in [0.15, 0.2) is 11.5 Å². The Labute approximate surface area is 174 Å². The van der Waals surface area contributed by atoms with Gasteiger partial charge in [-0.1, -0.05) is 29.8 Å². The molecule has 0 saturated heterocycles. The summed E-state index contributed by atoms with van der Waals surface area (Å²) >= 11 is 7.73. The number of pyridine rings is 1. The average molecular weight is 423 g/mol. The van der Waals surface area contributed by atoms with Gasteiger partial charge < -0.3 is 5.32 Å². The van der Waals surface area contributed by atoms with E-state index >= 15 is 0 Å². The van der Waals surface area contributed by atoms with E-state index in [4.69, 9.17) is 11.6 Å². The third-order valence-electron chi connectivity index (χ3n) is 4.64. The van der Waals surface area contributed by atoms with Crippen LogP contribution in [0.15, 0.2) is 54.7 Å². The van der Waals surface area contributed by atoms with Crippen molar-refractivity contribution in [2.24, 2.45) is 0 Å². The van der Waals surface area contributed by atoms with Crippen LogP contribution in [0.5, 0.6) is 0 Å². The first-order valence-corrected chi connectivity index (χ1v) is 10.1. The second kappa shape index (κ2) is 6.98. The highest BCUT2D eigenvalue weighted by molar-refractivity contribution is 7.20. The fourth-order valence-electron chi connectivity index (χ4n) is 3.20. The van der Waals surface area contributed by atoms with Crippen molar-refractivity contribution in [2.75, 3.05) is 0 Å². The minimum absolute atomic E-state index is 0.163. The molecular formula is C20H15ClN6OS. The molecule has 29 heavy (non-hydrogen) atoms. The van der Waals surface area contributed by atoms with E-state index in [1.54, 1.807) is 4.68 Å². The lowest BCUT2D eigenvalue weighted by Gasteiger charge is -2.04. The van der Waals surface area contributed by atoms with Crippen LogP contribution in [-0.2, 0) is 6.54 Å². The Bertz CT molecular complexity index is 1370. The summed E-state index contributed by atoms with van der Waals surface area (Å²) < 4.78 is 3.64. The Morgan fingerprint density at radius 3 is 2.86 bits per heavy atom. The Kier molecular flexibility index (Phi) is 4.30. The van der Waals surface area contributed by atoms with Crippen molar-refractivity contribution in [3.8, 4) is 5.69 Å². The number of thiophene rings is 1. The Hall–Kier alpha value is -3.23. The standard InChI is InChI=1S/C20H15ClN6OS/c1-12-13-10-16(29-20(13)27(25-12)15-7-3-2-6-14(15)21)19(28)22-11-18-24-23-17-8-4-5-9-26(17)18/h2-10H,11H2,1H3,(H,22,28). The van der Waals surface area contributed by atoms with Gasteiger partial charge >= 0.3 is 0 Å². The predicted molar refractivity (Wildman–Crippen MR) is 113 cm³/mol. The van der Waals surface area contributed by atoms with Crippen LogP contribution >= 0.6 is 22.9 Å². The maximum Gasteiger partial charge on any atom is 0.261 e. The fourth-order valence-corrected chi connectivity index (χ4v) is 4.51. The van der Waals surface area contributed by atoms with Crippen molar-refractivity contribution >= 4 is 44.7 Å². The van der Waals surface area contributed by atoms with Gasteiger partial charge in [0, 0.05) is 11.6 Å². The maximum atomic E-state index is 12.8. The molecule has 0 bridgehead atoms. The first kappa shape index (κ1) is 17.8. The molecule has 5 aromatic rings. The number of halogens is 1. The molecule has 4 heterocycles. The summed E-state index contributed by atoms with van der Waals surface area (Å²) in [6, 6.07) is 15.1. The Balaban J connectivity index is 1.44. The number of fused-ring (bicyclic) bond motifs is 2. The lowest BCUT2D eigenvalue weighted by Crippen LogP contribution is -2.23. The number of amides is 1. The number of carbonyl (C=O) groups excluding carboxylic acids is 1. The summed E-state index contributed by atoms with van der Waals surface area (Å²) in [5.41, 5.74) is 2.38. The van der Waals surface area contributed by atoms with Gasteiger partial charge in [-0.2, -0.15) is 5.10 Å². The summed E-state index contributed by atoms with van der Waals surface area (Å²) in [5, 5.41) is 17.3. The number of nitrogens with one attached hydrogen (secondary N) is 1. The molecule has 1 amide bonds. The Morgan fingerprint density at radius 2 is 2.00 bits per heavy atom. The highest BCUT2D eigenvalue weighted by atomic mass is 35.5. The number of para-hydroxylation sites is 1. The lowest BCUT2D eigenvalue weighted by atomic mass is 10.3. The number of hydrogen-bond donors (Lipinski definition) is 1. The van der Waals surface area contributed by atoms with Gasteiger partial charge in [0.05, 0.1) is 27.8 Å². The molecule has 5 rings (SSSR count). The van der Waals surface area contributed by atoms with E-state index in [2.05, 4.69) is 20.6 Å². The molecule has 0 aliphatic heterocycles. The molecule has 7 nitrogen and oxygen atoms in total. The molecule has 0 aliphatic rings. The summed E-state index contributed by atoms with van der Waals surface area (Å²) in [4.78, 5) is 14.2. The maximum absolute atomic E-state index is 12.8. The van der Waals surface area contributed by atoms with Crippen LogP contribution in [0.3, 0.4) is 0 Å². The molecule has 1 N–H and O–H groups in total. The third kappa shape index (κ3) is 3.06. The van der Waals surface area contributed by atoms with Gasteiger partial charge in [-0.05, 0) is 37.3 Å². The molecule has 0 unspecified atom stereocenters. The van der Waals surface area contributed by atoms with E-state index in [-0.39, 0.29) is 12.5 Å². The summed E-state index contributed by atoms with van der Waals surface area (Å²) in [7, 11) is 0. The van der Waals surface area contributed by atoms with E-state index in [0.717, 1.165) is 27.2 Å². The normalized spacial score (nSPS) is 11.4. The second-order valence-electron chi connectivity index (χ2n) is 6.51. The van der Waals surface area contributed by atoms with Crippen LogP contribution in [-0.4, -0.2) is 30.3 Å². The van der Waals surface area contributed by atoms with Crippen LogP contribution < -0.4 is 5.32 Å². The number of carbonyl (C=O) groups is 1. The van der Waals surface area contributed by atoms with Crippen LogP contribution in [0.2, 0.25) is 5.02 Å². The molecule has 0 fully saturated rings. The molecule has 0 atom stereocenters. The zero-order valence-corrected chi connectivity index (χ0v) is 16.9. The van der Waals surface area contributed by atoms with Crippen molar-refractivity contribution in [3.63, 3.8) is 0 Å². The van der Waals surface area contributed by atoms with Crippen molar-refractivity contribution in [3.05, 3.63) is 76.1 Å². The lowest BCUT2D eigenvalue weighted by molar-refractivity contribution is 0.0954. The molecule has 4 aromatic heterocycles. The SMILES string of the molecule is Cc1nn(-c2ccccc2Cl)c2sc(C(=O)NCc3nnc4ccccn34)cc12. The number of rotatable bonds is 4. The van der Waals surface area contributed by atoms with Gasteiger partial charge in [-0.25, -0.2) is 4.68 Å². The first-order chi connectivity index (χ1) is 14.1. The fraction of sp³-hybridized carbons (Fsp3) is 0.100. The highest BCUT2D eigenvalue weighted by Crippen LogP contribution is 2.32. The van der Waals surface area contributed by atoms with Crippen LogP contribution in [0, 0.1) is 6.92 Å². The molecule has 0 aliphatic carbocycles. The van der Waals surface area contributed by atoms with Gasteiger partial charge in [0.2, 0.25) is 0 Å². The van der Waals surface area contributed by atoms with Crippen LogP contribution in [0.1, 0.15) is 21.2 Å². The number of hydrogen-bond acceptors (Lipinski definition) is 5. The molecule has 0 radical (unpaired) electrons. The van der Waals surface area contributed by atoms with E-state index in [0.29, 0.717) is 15.7 Å². The number of benzene rings is 1. The molecule has 9 heteroatoms. The summed E-state index contributed by atoms with van der Waals surface area (Å²) in [6.45, 7) is 2.21. The number of nitrogens with zero attached hydrogens (tertiary/aromatic N) is 5. The van der Waals surface area contributed by atoms with Crippen molar-refractivity contribution in [1.29, 1.82) is 0 Å². The Morgan fingerprint density at radius 1 is 1.17 bits per heavy atom. The third-order valence-corrected chi connectivity index (χ3v) is 6.07. The molecule has 1 aromatic carbocycles. The van der Waals surface area contributed by atoms with Gasteiger partial charge in [-0.3, -0.25) is 9.20 Å². The van der Waals surface area contributed by atoms with Crippen molar-refractivity contribution in [1.82, 2.24) is 29.7 Å². The second-order valence-corrected chi connectivity index (χ2v) is 7.94. The minimum atomic E-state index is -0.163. The average Bonchev–Trinajstić information content (AvgIpc) is 3.42. The quantitative estimate of drug-likeness (QED) is 0.474. The van der Waals surface area contributed by atoms with Crippen LogP contribution in [0.4, 0.5) is 0 Å². The van der Waals surface area contributed by atoms with Crippen LogP contribution in [0.25, 0.3) is 21.6 Å². The predicted octanol–water partition coefficient (Wildman–Crippen LogP) is 4.02. The van der Waals surface area contributed by atoms with E-state index in [9.17, 15) is 4.79 Å². The minimum Gasteiger partial charge on any atom is -0.344 e. The topological polar surface area (TPSA) is 77.1 Å². The van der Waals surface area contributed by atoms with Gasteiger partial charge in [0.1, 0.15) is 4.83 Å². The van der Waals surface area contributed by atoms with Crippen molar-refractivity contribution in [2.45, 2.75) is 13.5 Å². The zero-order valence-electron chi connectivity index (χ0n) is 15.3. The molecular weight excluding hydrogens is 408 g/mol. The van der Waals surface area contributed by atoms with Gasteiger partial charge in [-0.15, -0.1) is 21.5 Å². The monoisotopic (exact) mass is 422 g/mol. The zero-order chi connectivity index (χ0) is 20.0. The van der Waals surface area contributed by atoms with Crippen molar-refractivity contribution < 1.29 is 4.79 Å². The number of aryl methyl sites for hydroxylation is 1. The van der Waals surface area contributed by atoms with E-state index in [1.165, 1.54) is 11.3 Å². The molecule has 0 spiro atoms. The number of aromatic nitrogens is 5. The summed E-state index contributed by atoms with van der Waals surface area (Å²) in [5.74, 6) is 0.512. The van der Waals surface area contributed by atoms with E-state index < -0.39 is 0 Å². The highest BCUT2D eigenvalue weighted by Gasteiger charge is 2.18. The van der Waals surface area contributed by atoms with E-state index in [1.807, 2.05) is 66.1 Å². The first-order valence-electron chi connectivity index (χ1n) is 8.93. The largest absolute Gasteiger partial charge is 0.344 e.